The summed E-state index contributed by atoms with van der Waals surface area (Å²) < 4.78 is 26.9. The van der Waals surface area contributed by atoms with Gasteiger partial charge in [-0.15, -0.1) is 0 Å². The summed E-state index contributed by atoms with van der Waals surface area (Å²) in [4.78, 5) is 16.2. The molecule has 0 radical (unpaired) electrons. The van der Waals surface area contributed by atoms with Crippen molar-refractivity contribution >= 4 is 5.95 Å². The van der Waals surface area contributed by atoms with Gasteiger partial charge in [-0.05, 0) is 56.6 Å². The molecule has 2 atom stereocenters. The lowest BCUT2D eigenvalue weighted by atomic mass is 9.92. The zero-order chi connectivity index (χ0) is 20.4. The molecule has 2 fully saturated rings. The average Bonchev–Trinajstić information content (AvgIpc) is 3.35. The third-order valence-electron chi connectivity index (χ3n) is 5.94. The van der Waals surface area contributed by atoms with E-state index in [2.05, 4.69) is 33.8 Å². The SMILES string of the molecule is CN(C)C[C@@H]1CN(Cc2ccc(F)c(F)c2)C[C@H]1c1ccnc(N2CCCC2)n1. The van der Waals surface area contributed by atoms with Crippen LogP contribution in [0.3, 0.4) is 0 Å². The van der Waals surface area contributed by atoms with E-state index in [4.69, 9.17) is 4.98 Å². The lowest BCUT2D eigenvalue weighted by Gasteiger charge is -2.23. The van der Waals surface area contributed by atoms with Crippen molar-refractivity contribution in [2.24, 2.45) is 5.92 Å². The van der Waals surface area contributed by atoms with Gasteiger partial charge in [-0.25, -0.2) is 18.7 Å². The Balaban J connectivity index is 1.52. The minimum absolute atomic E-state index is 0.298. The number of rotatable bonds is 6. The highest BCUT2D eigenvalue weighted by Gasteiger charge is 2.35. The Morgan fingerprint density at radius 2 is 1.86 bits per heavy atom. The van der Waals surface area contributed by atoms with E-state index in [-0.39, 0.29) is 0 Å². The van der Waals surface area contributed by atoms with Crippen LogP contribution in [0.1, 0.15) is 30.0 Å². The molecule has 4 rings (SSSR count). The highest BCUT2D eigenvalue weighted by molar-refractivity contribution is 5.33. The number of nitrogens with zero attached hydrogens (tertiary/aromatic N) is 5. The van der Waals surface area contributed by atoms with Crippen molar-refractivity contribution in [1.29, 1.82) is 0 Å². The van der Waals surface area contributed by atoms with Crippen LogP contribution in [-0.2, 0) is 6.54 Å². The molecule has 0 unspecified atom stereocenters. The number of likely N-dealkylation sites (tertiary alicyclic amines) is 1. The maximum Gasteiger partial charge on any atom is 0.225 e. The first-order valence-corrected chi connectivity index (χ1v) is 10.4. The van der Waals surface area contributed by atoms with Crippen LogP contribution in [0.25, 0.3) is 0 Å². The zero-order valence-electron chi connectivity index (χ0n) is 17.2. The summed E-state index contributed by atoms with van der Waals surface area (Å²) in [5, 5.41) is 0. The predicted octanol–water partition coefficient (Wildman–Crippen LogP) is 3.13. The molecular weight excluding hydrogens is 372 g/mol. The van der Waals surface area contributed by atoms with Gasteiger partial charge in [0.05, 0.1) is 5.69 Å². The summed E-state index contributed by atoms with van der Waals surface area (Å²) in [7, 11) is 4.18. The Bertz CT molecular complexity index is 838. The molecule has 1 aromatic heterocycles. The average molecular weight is 402 g/mol. The number of aromatic nitrogens is 2. The molecule has 156 valence electrons. The predicted molar refractivity (Wildman–Crippen MR) is 110 cm³/mol. The zero-order valence-corrected chi connectivity index (χ0v) is 17.2. The molecule has 0 saturated carbocycles. The summed E-state index contributed by atoms with van der Waals surface area (Å²) in [6.45, 7) is 5.39. The molecule has 0 N–H and O–H groups in total. The fourth-order valence-corrected chi connectivity index (χ4v) is 4.61. The van der Waals surface area contributed by atoms with Gasteiger partial charge in [0, 0.05) is 51.4 Å². The van der Waals surface area contributed by atoms with Crippen molar-refractivity contribution in [3.8, 4) is 0 Å². The van der Waals surface area contributed by atoms with Crippen molar-refractivity contribution in [3.63, 3.8) is 0 Å². The molecule has 3 heterocycles. The molecule has 7 heteroatoms. The van der Waals surface area contributed by atoms with E-state index >= 15 is 0 Å². The molecule has 2 saturated heterocycles. The minimum atomic E-state index is -0.797. The van der Waals surface area contributed by atoms with Gasteiger partial charge in [0.15, 0.2) is 11.6 Å². The maximum absolute atomic E-state index is 13.6. The van der Waals surface area contributed by atoms with Gasteiger partial charge in [0.2, 0.25) is 5.95 Å². The standard InChI is InChI=1S/C22H29F2N5/c1-27(2)13-17-14-28(12-16-5-6-19(23)20(24)11-16)15-18(17)21-7-8-25-22(26-21)29-9-3-4-10-29/h5-8,11,17-18H,3-4,9-10,12-15H2,1-2H3/t17-,18-/m1/s1. The first-order valence-electron chi connectivity index (χ1n) is 10.4. The van der Waals surface area contributed by atoms with Crippen molar-refractivity contribution in [1.82, 2.24) is 19.8 Å². The molecule has 5 nitrogen and oxygen atoms in total. The third-order valence-corrected chi connectivity index (χ3v) is 5.94. The summed E-state index contributed by atoms with van der Waals surface area (Å²) in [5.41, 5.74) is 1.88. The molecule has 0 bridgehead atoms. The number of anilines is 1. The minimum Gasteiger partial charge on any atom is -0.341 e. The van der Waals surface area contributed by atoms with Crippen molar-refractivity contribution in [3.05, 3.63) is 53.4 Å². The second kappa shape index (κ2) is 8.71. The van der Waals surface area contributed by atoms with Crippen molar-refractivity contribution < 1.29 is 8.78 Å². The largest absolute Gasteiger partial charge is 0.341 e. The van der Waals surface area contributed by atoms with Gasteiger partial charge in [-0.1, -0.05) is 6.07 Å². The molecule has 0 aliphatic carbocycles. The first-order chi connectivity index (χ1) is 14.0. The van der Waals surface area contributed by atoms with E-state index in [0.29, 0.717) is 18.4 Å². The number of hydrogen-bond acceptors (Lipinski definition) is 5. The normalized spacial score (nSPS) is 22.7. The van der Waals surface area contributed by atoms with Gasteiger partial charge < -0.3 is 9.80 Å². The lowest BCUT2D eigenvalue weighted by molar-refractivity contribution is 0.284. The van der Waals surface area contributed by atoms with Crippen LogP contribution in [0, 0.1) is 17.6 Å². The molecule has 2 aromatic rings. The van der Waals surface area contributed by atoms with Gasteiger partial charge in [-0.2, -0.15) is 0 Å². The fourth-order valence-electron chi connectivity index (χ4n) is 4.61. The van der Waals surface area contributed by atoms with Gasteiger partial charge in [-0.3, -0.25) is 4.90 Å². The Morgan fingerprint density at radius 3 is 2.59 bits per heavy atom. The van der Waals surface area contributed by atoms with Crippen LogP contribution < -0.4 is 4.90 Å². The molecule has 0 spiro atoms. The van der Waals surface area contributed by atoms with E-state index in [0.717, 1.165) is 49.9 Å². The third kappa shape index (κ3) is 4.73. The van der Waals surface area contributed by atoms with Crippen LogP contribution in [-0.4, -0.2) is 66.6 Å². The van der Waals surface area contributed by atoms with Crippen LogP contribution in [0.2, 0.25) is 0 Å². The smallest absolute Gasteiger partial charge is 0.225 e. The van der Waals surface area contributed by atoms with Crippen LogP contribution in [0.5, 0.6) is 0 Å². The van der Waals surface area contributed by atoms with Gasteiger partial charge in [0.25, 0.3) is 0 Å². The van der Waals surface area contributed by atoms with E-state index < -0.39 is 11.6 Å². The molecule has 0 amide bonds. The van der Waals surface area contributed by atoms with E-state index in [9.17, 15) is 8.78 Å². The quantitative estimate of drug-likeness (QED) is 0.743. The van der Waals surface area contributed by atoms with E-state index in [1.807, 2.05) is 12.3 Å². The molecule has 29 heavy (non-hydrogen) atoms. The highest BCUT2D eigenvalue weighted by atomic mass is 19.2. The van der Waals surface area contributed by atoms with E-state index in [1.165, 1.54) is 25.0 Å². The Kier molecular flexibility index (Phi) is 6.06. The summed E-state index contributed by atoms with van der Waals surface area (Å²) in [5.74, 6) is -0.0190. The van der Waals surface area contributed by atoms with Crippen LogP contribution in [0.4, 0.5) is 14.7 Å². The second-order valence-electron chi connectivity index (χ2n) is 8.55. The van der Waals surface area contributed by atoms with Gasteiger partial charge >= 0.3 is 0 Å². The van der Waals surface area contributed by atoms with E-state index in [1.54, 1.807) is 6.07 Å². The number of hydrogen-bond donors (Lipinski definition) is 0. The Labute approximate surface area is 171 Å². The Hall–Kier alpha value is -2.12. The van der Waals surface area contributed by atoms with Crippen LogP contribution >= 0.6 is 0 Å². The van der Waals surface area contributed by atoms with Crippen LogP contribution in [0.15, 0.2) is 30.5 Å². The summed E-state index contributed by atoms with van der Waals surface area (Å²) in [6, 6.07) is 6.22. The highest BCUT2D eigenvalue weighted by Crippen LogP contribution is 2.33. The van der Waals surface area contributed by atoms with Gasteiger partial charge in [0.1, 0.15) is 0 Å². The fraction of sp³-hybridized carbons (Fsp3) is 0.545. The molecule has 2 aliphatic heterocycles. The number of halogens is 2. The monoisotopic (exact) mass is 401 g/mol. The second-order valence-corrected chi connectivity index (χ2v) is 8.55. The molecule has 1 aromatic carbocycles. The summed E-state index contributed by atoms with van der Waals surface area (Å²) in [6.07, 6.45) is 4.27. The lowest BCUT2D eigenvalue weighted by Crippen LogP contribution is -2.27. The summed E-state index contributed by atoms with van der Waals surface area (Å²) >= 11 is 0. The van der Waals surface area contributed by atoms with Crippen molar-refractivity contribution in [2.75, 3.05) is 51.7 Å². The van der Waals surface area contributed by atoms with Crippen molar-refractivity contribution in [2.45, 2.75) is 25.3 Å². The topological polar surface area (TPSA) is 35.5 Å². The molecule has 2 aliphatic rings. The number of benzene rings is 1. The first kappa shape index (κ1) is 20.2. The molecular formula is C22H29F2N5. The Morgan fingerprint density at radius 1 is 1.07 bits per heavy atom. The maximum atomic E-state index is 13.6.